The first kappa shape index (κ1) is 31.5. The largest absolute Gasteiger partial charge is 0.480 e. The fourth-order valence-electron chi connectivity index (χ4n) is 2.96. The molecule has 0 saturated heterocycles. The molecule has 0 aromatic rings. The molecule has 0 aromatic heterocycles. The quantitative estimate of drug-likeness (QED) is 0.141. The molecule has 0 aliphatic carbocycles. The zero-order valence-electron chi connectivity index (χ0n) is 20.1. The van der Waals surface area contributed by atoms with Crippen LogP contribution in [0.4, 0.5) is 0 Å². The molecule has 0 heterocycles. The molecule has 0 fully saturated rings. The summed E-state index contributed by atoms with van der Waals surface area (Å²) < 4.78 is 0. The van der Waals surface area contributed by atoms with Gasteiger partial charge >= 0.3 is 5.97 Å². The molecule has 0 saturated carbocycles. The molecule has 0 aliphatic heterocycles. The number of hydrogen-bond acceptors (Lipinski definition) is 8. The molecule has 0 rings (SSSR count). The first-order valence-electron chi connectivity index (χ1n) is 11.2. The number of rotatable bonds is 18. The van der Waals surface area contributed by atoms with Gasteiger partial charge in [0.15, 0.2) is 0 Å². The average molecular weight is 508 g/mol. The van der Waals surface area contributed by atoms with E-state index in [-0.39, 0.29) is 5.92 Å². The standard InChI is InChI=1S/C21H41N5O5S2/c1-13(2)17(21(30)31)26-20(29)16(9-12-33-4)25-19(28)15(7-5-6-10-22)24-18(27)14(23)8-11-32-3/h13-17H,5-12,22-23H2,1-4H3,(H,24,27)(H,25,28)(H,26,29)(H,30,31). The smallest absolute Gasteiger partial charge is 0.326 e. The third kappa shape index (κ3) is 13.1. The van der Waals surface area contributed by atoms with Gasteiger partial charge in [-0.2, -0.15) is 23.5 Å². The van der Waals surface area contributed by atoms with Crippen LogP contribution in [0.2, 0.25) is 0 Å². The maximum atomic E-state index is 13.0. The Hall–Kier alpha value is -1.50. The van der Waals surface area contributed by atoms with E-state index in [1.807, 2.05) is 12.5 Å². The Balaban J connectivity index is 5.40. The lowest BCUT2D eigenvalue weighted by Crippen LogP contribution is -2.57. The van der Waals surface area contributed by atoms with E-state index in [1.165, 1.54) is 11.8 Å². The van der Waals surface area contributed by atoms with Gasteiger partial charge in [-0.15, -0.1) is 0 Å². The highest BCUT2D eigenvalue weighted by molar-refractivity contribution is 7.98. The molecule has 4 atom stereocenters. The molecule has 12 heteroatoms. The fourth-order valence-corrected chi connectivity index (χ4v) is 3.92. The Kier molecular flexibility index (Phi) is 17.1. The number of nitrogens with one attached hydrogen (secondary N) is 3. The highest BCUT2D eigenvalue weighted by Gasteiger charge is 2.31. The molecule has 8 N–H and O–H groups in total. The first-order chi connectivity index (χ1) is 15.6. The fraction of sp³-hybridized carbons (Fsp3) is 0.810. The molecular formula is C21H41N5O5S2. The Morgan fingerprint density at radius 3 is 1.85 bits per heavy atom. The molecule has 33 heavy (non-hydrogen) atoms. The van der Waals surface area contributed by atoms with E-state index in [2.05, 4.69) is 16.0 Å². The van der Waals surface area contributed by atoms with Crippen molar-refractivity contribution >= 4 is 47.2 Å². The molecule has 10 nitrogen and oxygen atoms in total. The van der Waals surface area contributed by atoms with E-state index >= 15 is 0 Å². The summed E-state index contributed by atoms with van der Waals surface area (Å²) in [5.74, 6) is -1.66. The molecule has 0 spiro atoms. The third-order valence-corrected chi connectivity index (χ3v) is 6.31. The first-order valence-corrected chi connectivity index (χ1v) is 13.9. The van der Waals surface area contributed by atoms with Crippen LogP contribution in [0.3, 0.4) is 0 Å². The van der Waals surface area contributed by atoms with Gasteiger partial charge in [0.05, 0.1) is 6.04 Å². The topological polar surface area (TPSA) is 177 Å². The molecule has 0 radical (unpaired) electrons. The molecule has 0 bridgehead atoms. The van der Waals surface area contributed by atoms with Crippen LogP contribution in [-0.2, 0) is 19.2 Å². The van der Waals surface area contributed by atoms with Gasteiger partial charge in [-0.25, -0.2) is 4.79 Å². The lowest BCUT2D eigenvalue weighted by Gasteiger charge is -2.26. The number of carboxylic acids is 1. The molecule has 0 aliphatic rings. The molecule has 0 aromatic carbocycles. The van der Waals surface area contributed by atoms with Crippen molar-refractivity contribution in [1.29, 1.82) is 0 Å². The third-order valence-electron chi connectivity index (χ3n) is 5.02. The van der Waals surface area contributed by atoms with E-state index in [9.17, 15) is 24.3 Å². The lowest BCUT2D eigenvalue weighted by atomic mass is 10.0. The summed E-state index contributed by atoms with van der Waals surface area (Å²) in [6, 6.07) is -3.60. The van der Waals surface area contributed by atoms with Gasteiger partial charge in [-0.1, -0.05) is 13.8 Å². The van der Waals surface area contributed by atoms with Crippen molar-refractivity contribution in [3.63, 3.8) is 0 Å². The maximum absolute atomic E-state index is 13.0. The Morgan fingerprint density at radius 2 is 1.33 bits per heavy atom. The van der Waals surface area contributed by atoms with Crippen molar-refractivity contribution in [1.82, 2.24) is 16.0 Å². The summed E-state index contributed by atoms with van der Waals surface area (Å²) in [6.45, 7) is 3.84. The van der Waals surface area contributed by atoms with Gasteiger partial charge in [0, 0.05) is 0 Å². The number of aliphatic carboxylic acids is 1. The number of hydrogen-bond donors (Lipinski definition) is 6. The monoisotopic (exact) mass is 507 g/mol. The van der Waals surface area contributed by atoms with E-state index < -0.39 is 47.9 Å². The summed E-state index contributed by atoms with van der Waals surface area (Å²) in [5, 5.41) is 17.3. The minimum Gasteiger partial charge on any atom is -0.480 e. The van der Waals surface area contributed by atoms with E-state index in [0.29, 0.717) is 44.4 Å². The van der Waals surface area contributed by atoms with Crippen LogP contribution in [0.25, 0.3) is 0 Å². The molecular weight excluding hydrogens is 466 g/mol. The van der Waals surface area contributed by atoms with Crippen molar-refractivity contribution in [3.05, 3.63) is 0 Å². The number of carboxylic acid groups (broad SMARTS) is 1. The number of carbonyl (C=O) groups excluding carboxylic acids is 3. The van der Waals surface area contributed by atoms with Gasteiger partial charge in [0.1, 0.15) is 18.1 Å². The molecule has 192 valence electrons. The van der Waals surface area contributed by atoms with Crippen LogP contribution < -0.4 is 27.4 Å². The van der Waals surface area contributed by atoms with Crippen molar-refractivity contribution in [2.75, 3.05) is 30.6 Å². The zero-order chi connectivity index (χ0) is 25.4. The summed E-state index contributed by atoms with van der Waals surface area (Å²) in [6.07, 6.45) is 6.24. The Bertz CT molecular complexity index is 624. The highest BCUT2D eigenvalue weighted by Crippen LogP contribution is 2.08. The molecule has 4 unspecified atom stereocenters. The second-order valence-electron chi connectivity index (χ2n) is 8.14. The van der Waals surface area contributed by atoms with Gasteiger partial charge in [-0.05, 0) is 68.6 Å². The highest BCUT2D eigenvalue weighted by atomic mass is 32.2. The van der Waals surface area contributed by atoms with Gasteiger partial charge in [0.2, 0.25) is 17.7 Å². The number of carbonyl (C=O) groups is 4. The van der Waals surface area contributed by atoms with Crippen LogP contribution in [0.15, 0.2) is 0 Å². The number of thioether (sulfide) groups is 2. The van der Waals surface area contributed by atoms with Gasteiger partial charge in [0.25, 0.3) is 0 Å². The lowest BCUT2D eigenvalue weighted by molar-refractivity contribution is -0.143. The summed E-state index contributed by atoms with van der Waals surface area (Å²) >= 11 is 3.08. The molecule has 3 amide bonds. The van der Waals surface area contributed by atoms with Crippen molar-refractivity contribution in [3.8, 4) is 0 Å². The average Bonchev–Trinajstić information content (AvgIpc) is 2.76. The van der Waals surface area contributed by atoms with Crippen molar-refractivity contribution in [2.24, 2.45) is 17.4 Å². The number of amides is 3. The minimum absolute atomic E-state index is 0.319. The zero-order valence-corrected chi connectivity index (χ0v) is 21.7. The summed E-state index contributed by atoms with van der Waals surface area (Å²) in [5.41, 5.74) is 11.5. The Morgan fingerprint density at radius 1 is 0.818 bits per heavy atom. The second-order valence-corrected chi connectivity index (χ2v) is 10.1. The van der Waals surface area contributed by atoms with Crippen LogP contribution in [0.5, 0.6) is 0 Å². The van der Waals surface area contributed by atoms with E-state index in [4.69, 9.17) is 11.5 Å². The number of nitrogens with two attached hydrogens (primary N) is 2. The Labute approximate surface area is 205 Å². The van der Waals surface area contributed by atoms with Crippen LogP contribution in [-0.4, -0.2) is 83.5 Å². The van der Waals surface area contributed by atoms with Gasteiger partial charge < -0.3 is 32.5 Å². The summed E-state index contributed by atoms with van der Waals surface area (Å²) in [7, 11) is 0. The SMILES string of the molecule is CSCCC(N)C(=O)NC(CCCCN)C(=O)NC(CCSC)C(=O)NC(C(=O)O)C(C)C. The summed E-state index contributed by atoms with van der Waals surface area (Å²) in [4.78, 5) is 49.8. The predicted molar refractivity (Wildman–Crippen MR) is 135 cm³/mol. The van der Waals surface area contributed by atoms with Gasteiger partial charge in [-0.3, -0.25) is 14.4 Å². The minimum atomic E-state index is -1.14. The normalized spacial score (nSPS) is 14.8. The van der Waals surface area contributed by atoms with Crippen LogP contribution in [0.1, 0.15) is 46.0 Å². The number of unbranched alkanes of at least 4 members (excludes halogenated alkanes) is 1. The van der Waals surface area contributed by atoms with Crippen molar-refractivity contribution in [2.45, 2.75) is 70.1 Å². The second kappa shape index (κ2) is 17.9. The van der Waals surface area contributed by atoms with E-state index in [0.717, 1.165) is 5.75 Å². The van der Waals surface area contributed by atoms with Crippen LogP contribution in [0, 0.1) is 5.92 Å². The predicted octanol–water partition coefficient (Wildman–Crippen LogP) is 0.144. The van der Waals surface area contributed by atoms with E-state index in [1.54, 1.807) is 25.6 Å². The van der Waals surface area contributed by atoms with Crippen LogP contribution >= 0.6 is 23.5 Å². The maximum Gasteiger partial charge on any atom is 0.326 e. The van der Waals surface area contributed by atoms with Crippen molar-refractivity contribution < 1.29 is 24.3 Å².